The van der Waals surface area contributed by atoms with Crippen molar-refractivity contribution in [2.24, 2.45) is 0 Å². The zero-order valence-electron chi connectivity index (χ0n) is 12.2. The van der Waals surface area contributed by atoms with Crippen LogP contribution in [0.3, 0.4) is 0 Å². The van der Waals surface area contributed by atoms with E-state index in [0.717, 1.165) is 30.8 Å². The zero-order valence-corrected chi connectivity index (χ0v) is 12.2. The number of hydrogen-bond donors (Lipinski definition) is 1. The largest absolute Gasteiger partial charge is 0.311 e. The summed E-state index contributed by atoms with van der Waals surface area (Å²) in [5, 5.41) is 7.79. The summed E-state index contributed by atoms with van der Waals surface area (Å²) in [5.74, 6) is -0.310. The first kappa shape index (κ1) is 14.7. The van der Waals surface area contributed by atoms with E-state index in [0.29, 0.717) is 0 Å². The summed E-state index contributed by atoms with van der Waals surface area (Å²) in [6.45, 7) is 5.03. The van der Waals surface area contributed by atoms with Crippen molar-refractivity contribution in [1.82, 2.24) is 20.1 Å². The third-order valence-electron chi connectivity index (χ3n) is 3.44. The SMILES string of the molecule is CCc1cc(CC(NC)c2ccc(F)cn2)n(CC)n1. The predicted molar refractivity (Wildman–Crippen MR) is 77.0 cm³/mol. The number of aryl methyl sites for hydroxylation is 2. The Bertz CT molecular complexity index is 548. The van der Waals surface area contributed by atoms with Crippen LogP contribution in [-0.4, -0.2) is 21.8 Å². The second-order valence-electron chi connectivity index (χ2n) is 4.74. The van der Waals surface area contributed by atoms with Crippen molar-refractivity contribution in [2.75, 3.05) is 7.05 Å². The first-order chi connectivity index (χ1) is 9.67. The lowest BCUT2D eigenvalue weighted by Crippen LogP contribution is -2.21. The first-order valence-corrected chi connectivity index (χ1v) is 7.02. The number of nitrogens with zero attached hydrogens (tertiary/aromatic N) is 3. The van der Waals surface area contributed by atoms with Crippen LogP contribution in [0.1, 0.15) is 37.0 Å². The van der Waals surface area contributed by atoms with E-state index in [4.69, 9.17) is 0 Å². The van der Waals surface area contributed by atoms with Gasteiger partial charge in [-0.15, -0.1) is 0 Å². The van der Waals surface area contributed by atoms with Gasteiger partial charge in [0, 0.05) is 18.7 Å². The van der Waals surface area contributed by atoms with Crippen LogP contribution in [0.2, 0.25) is 0 Å². The number of nitrogens with one attached hydrogen (secondary N) is 1. The van der Waals surface area contributed by atoms with Crippen LogP contribution in [0.4, 0.5) is 4.39 Å². The summed E-state index contributed by atoms with van der Waals surface area (Å²) in [6.07, 6.45) is 2.98. The Balaban J connectivity index is 2.21. The van der Waals surface area contributed by atoms with Crippen molar-refractivity contribution < 1.29 is 4.39 Å². The number of likely N-dealkylation sites (N-methyl/N-ethyl adjacent to an activating group) is 1. The Morgan fingerprint density at radius 2 is 2.15 bits per heavy atom. The van der Waals surface area contributed by atoms with Crippen molar-refractivity contribution in [2.45, 2.75) is 39.3 Å². The maximum atomic E-state index is 13.0. The smallest absolute Gasteiger partial charge is 0.141 e. The van der Waals surface area contributed by atoms with Crippen LogP contribution in [0.5, 0.6) is 0 Å². The van der Waals surface area contributed by atoms with Crippen LogP contribution in [0.15, 0.2) is 24.4 Å². The molecule has 0 saturated carbocycles. The molecule has 0 spiro atoms. The third kappa shape index (κ3) is 3.22. The minimum absolute atomic E-state index is 0.0577. The molecule has 2 aromatic rings. The molecular weight excluding hydrogens is 255 g/mol. The highest BCUT2D eigenvalue weighted by Crippen LogP contribution is 2.17. The van der Waals surface area contributed by atoms with E-state index >= 15 is 0 Å². The highest BCUT2D eigenvalue weighted by atomic mass is 19.1. The molecule has 1 N–H and O–H groups in total. The lowest BCUT2D eigenvalue weighted by molar-refractivity contribution is 0.527. The van der Waals surface area contributed by atoms with E-state index in [9.17, 15) is 4.39 Å². The van der Waals surface area contributed by atoms with E-state index in [1.807, 2.05) is 11.7 Å². The summed E-state index contributed by atoms with van der Waals surface area (Å²) < 4.78 is 15.0. The van der Waals surface area contributed by atoms with Gasteiger partial charge in [0.25, 0.3) is 0 Å². The highest BCUT2D eigenvalue weighted by Gasteiger charge is 2.15. The molecule has 0 aliphatic rings. The van der Waals surface area contributed by atoms with Gasteiger partial charge in [-0.25, -0.2) is 4.39 Å². The van der Waals surface area contributed by atoms with Crippen LogP contribution in [-0.2, 0) is 19.4 Å². The number of aromatic nitrogens is 3. The van der Waals surface area contributed by atoms with Gasteiger partial charge in [-0.05, 0) is 38.6 Å². The maximum absolute atomic E-state index is 13.0. The Morgan fingerprint density at radius 3 is 2.70 bits per heavy atom. The van der Waals surface area contributed by atoms with Crippen molar-refractivity contribution in [3.05, 3.63) is 47.3 Å². The van der Waals surface area contributed by atoms with Gasteiger partial charge >= 0.3 is 0 Å². The summed E-state index contributed by atoms with van der Waals surface area (Å²) in [7, 11) is 1.89. The normalized spacial score (nSPS) is 12.6. The maximum Gasteiger partial charge on any atom is 0.141 e. The molecule has 20 heavy (non-hydrogen) atoms. The Hall–Kier alpha value is -1.75. The minimum atomic E-state index is -0.310. The lowest BCUT2D eigenvalue weighted by atomic mass is 10.1. The number of rotatable bonds is 6. The minimum Gasteiger partial charge on any atom is -0.311 e. The summed E-state index contributed by atoms with van der Waals surface area (Å²) in [4.78, 5) is 4.16. The molecule has 0 bridgehead atoms. The van der Waals surface area contributed by atoms with Gasteiger partial charge in [-0.3, -0.25) is 9.67 Å². The molecule has 1 unspecified atom stereocenters. The quantitative estimate of drug-likeness (QED) is 0.881. The Kier molecular flexibility index (Phi) is 4.84. The molecule has 0 aromatic carbocycles. The summed E-state index contributed by atoms with van der Waals surface area (Å²) >= 11 is 0. The molecule has 0 radical (unpaired) electrons. The van der Waals surface area contributed by atoms with E-state index in [1.165, 1.54) is 18.0 Å². The van der Waals surface area contributed by atoms with Gasteiger partial charge in [0.05, 0.1) is 23.6 Å². The van der Waals surface area contributed by atoms with E-state index in [1.54, 1.807) is 6.07 Å². The van der Waals surface area contributed by atoms with E-state index in [2.05, 4.69) is 35.3 Å². The van der Waals surface area contributed by atoms with Crippen molar-refractivity contribution in [3.63, 3.8) is 0 Å². The van der Waals surface area contributed by atoms with E-state index < -0.39 is 0 Å². The molecular formula is C15H21FN4. The van der Waals surface area contributed by atoms with Crippen LogP contribution in [0, 0.1) is 5.82 Å². The first-order valence-electron chi connectivity index (χ1n) is 7.02. The molecule has 4 nitrogen and oxygen atoms in total. The lowest BCUT2D eigenvalue weighted by Gasteiger charge is -2.16. The van der Waals surface area contributed by atoms with Crippen molar-refractivity contribution in [3.8, 4) is 0 Å². The van der Waals surface area contributed by atoms with Crippen molar-refractivity contribution >= 4 is 0 Å². The topological polar surface area (TPSA) is 42.7 Å². The molecule has 2 heterocycles. The zero-order chi connectivity index (χ0) is 14.5. The molecule has 0 aliphatic heterocycles. The van der Waals surface area contributed by atoms with Gasteiger partial charge in [0.15, 0.2) is 0 Å². The van der Waals surface area contributed by atoms with Gasteiger partial charge in [0.2, 0.25) is 0 Å². The summed E-state index contributed by atoms with van der Waals surface area (Å²) in [5.41, 5.74) is 3.12. The van der Waals surface area contributed by atoms with Crippen molar-refractivity contribution in [1.29, 1.82) is 0 Å². The van der Waals surface area contributed by atoms with E-state index in [-0.39, 0.29) is 11.9 Å². The van der Waals surface area contributed by atoms with Crippen LogP contribution >= 0.6 is 0 Å². The van der Waals surface area contributed by atoms with Crippen LogP contribution in [0.25, 0.3) is 0 Å². The average Bonchev–Trinajstić information content (AvgIpc) is 2.88. The molecule has 0 fully saturated rings. The fourth-order valence-corrected chi connectivity index (χ4v) is 2.28. The van der Waals surface area contributed by atoms with Gasteiger partial charge in [-0.1, -0.05) is 6.92 Å². The second-order valence-corrected chi connectivity index (χ2v) is 4.74. The second kappa shape index (κ2) is 6.61. The van der Waals surface area contributed by atoms with Gasteiger partial charge < -0.3 is 5.32 Å². The molecule has 0 saturated heterocycles. The summed E-state index contributed by atoms with van der Waals surface area (Å²) in [6, 6.07) is 5.37. The third-order valence-corrected chi connectivity index (χ3v) is 3.44. The molecule has 1 atom stereocenters. The molecule has 0 aliphatic carbocycles. The Morgan fingerprint density at radius 1 is 1.35 bits per heavy atom. The van der Waals surface area contributed by atoms with Gasteiger partial charge in [-0.2, -0.15) is 5.10 Å². The number of hydrogen-bond acceptors (Lipinski definition) is 3. The average molecular weight is 276 g/mol. The molecule has 5 heteroatoms. The van der Waals surface area contributed by atoms with Crippen LogP contribution < -0.4 is 5.32 Å². The molecule has 2 rings (SSSR count). The predicted octanol–water partition coefficient (Wildman–Crippen LogP) is 2.50. The van der Waals surface area contributed by atoms with Gasteiger partial charge in [0.1, 0.15) is 5.82 Å². The number of halogens is 1. The molecule has 0 amide bonds. The highest BCUT2D eigenvalue weighted by molar-refractivity contribution is 5.17. The molecule has 108 valence electrons. The number of pyridine rings is 1. The fraction of sp³-hybridized carbons (Fsp3) is 0.467. The fourth-order valence-electron chi connectivity index (χ4n) is 2.28. The monoisotopic (exact) mass is 276 g/mol. The molecule has 2 aromatic heterocycles. The Labute approximate surface area is 119 Å². The standard InChI is InChI=1S/C15H21FN4/c1-4-12-8-13(20(5-2)19-12)9-15(17-3)14-7-6-11(16)10-18-14/h6-8,10,15,17H,4-5,9H2,1-3H3.